The van der Waals surface area contributed by atoms with Crippen LogP contribution in [0, 0.1) is 0 Å². The van der Waals surface area contributed by atoms with Crippen molar-refractivity contribution in [2.75, 3.05) is 19.6 Å². The van der Waals surface area contributed by atoms with Gasteiger partial charge >= 0.3 is 0 Å². The monoisotopic (exact) mass is 342 g/mol. The fourth-order valence-corrected chi connectivity index (χ4v) is 2.37. The predicted molar refractivity (Wildman–Crippen MR) is 75.1 cm³/mol. The highest BCUT2D eigenvalue weighted by Crippen LogP contribution is 2.12. The molecule has 2 unspecified atom stereocenters. The van der Waals surface area contributed by atoms with E-state index in [-0.39, 0.29) is 31.4 Å². The van der Waals surface area contributed by atoms with Gasteiger partial charge in [0.1, 0.15) is 0 Å². The normalized spacial score (nSPS) is 21.9. The number of likely N-dealkylation sites (tertiary alicyclic amines) is 1. The van der Waals surface area contributed by atoms with Crippen molar-refractivity contribution in [2.24, 2.45) is 0 Å². The molecule has 1 aliphatic heterocycles. The summed E-state index contributed by atoms with van der Waals surface area (Å²) >= 11 is 3.27. The maximum Gasteiger partial charge on any atom is 0.251 e. The number of aliphatic hydroxyl groups excluding tert-OH is 2. The predicted octanol–water partition coefficient (Wildman–Crippen LogP) is -0.257. The molecule has 0 aromatic heterocycles. The standard InChI is InChI=1S/C13H15BrN2O4/c14-9-3-1-2-8(4-9)13(20)15-5-12(19)16-6-10(17)11(18)7-16/h1-4,10-11,17-18H,5-7H2,(H,15,20). The zero-order valence-electron chi connectivity index (χ0n) is 10.6. The number of amides is 2. The molecule has 1 saturated heterocycles. The lowest BCUT2D eigenvalue weighted by atomic mass is 10.2. The van der Waals surface area contributed by atoms with Crippen molar-refractivity contribution in [3.63, 3.8) is 0 Å². The van der Waals surface area contributed by atoms with Gasteiger partial charge in [-0.05, 0) is 18.2 Å². The van der Waals surface area contributed by atoms with E-state index in [0.717, 1.165) is 4.47 Å². The fraction of sp³-hybridized carbons (Fsp3) is 0.385. The van der Waals surface area contributed by atoms with Gasteiger partial charge < -0.3 is 20.4 Å². The van der Waals surface area contributed by atoms with E-state index in [1.165, 1.54) is 4.90 Å². The van der Waals surface area contributed by atoms with E-state index >= 15 is 0 Å². The Hall–Kier alpha value is -1.44. The average Bonchev–Trinajstić information content (AvgIpc) is 2.76. The molecule has 20 heavy (non-hydrogen) atoms. The number of hydrogen-bond acceptors (Lipinski definition) is 4. The molecule has 0 bridgehead atoms. The van der Waals surface area contributed by atoms with Crippen LogP contribution in [0.2, 0.25) is 0 Å². The summed E-state index contributed by atoms with van der Waals surface area (Å²) in [5, 5.41) is 21.3. The minimum absolute atomic E-state index is 0.0900. The lowest BCUT2D eigenvalue weighted by molar-refractivity contribution is -0.129. The van der Waals surface area contributed by atoms with E-state index in [1.54, 1.807) is 24.3 Å². The molecule has 1 aliphatic rings. The molecule has 1 heterocycles. The van der Waals surface area contributed by atoms with Gasteiger partial charge in [-0.3, -0.25) is 9.59 Å². The van der Waals surface area contributed by atoms with Gasteiger partial charge in [-0.1, -0.05) is 22.0 Å². The van der Waals surface area contributed by atoms with Crippen LogP contribution < -0.4 is 5.32 Å². The quantitative estimate of drug-likeness (QED) is 0.706. The smallest absolute Gasteiger partial charge is 0.251 e. The van der Waals surface area contributed by atoms with Gasteiger partial charge in [0.2, 0.25) is 5.91 Å². The third kappa shape index (κ3) is 3.56. The first-order chi connectivity index (χ1) is 9.47. The third-order valence-electron chi connectivity index (χ3n) is 3.10. The van der Waals surface area contributed by atoms with Gasteiger partial charge in [0, 0.05) is 23.1 Å². The molecule has 1 aromatic rings. The third-order valence-corrected chi connectivity index (χ3v) is 3.59. The molecule has 108 valence electrons. The summed E-state index contributed by atoms with van der Waals surface area (Å²) in [5.41, 5.74) is 0.452. The van der Waals surface area contributed by atoms with Crippen molar-refractivity contribution in [1.82, 2.24) is 10.2 Å². The minimum Gasteiger partial charge on any atom is -0.388 e. The van der Waals surface area contributed by atoms with Gasteiger partial charge in [-0.2, -0.15) is 0 Å². The maximum absolute atomic E-state index is 11.8. The molecule has 0 radical (unpaired) electrons. The van der Waals surface area contributed by atoms with E-state index in [9.17, 15) is 19.8 Å². The number of hydrogen-bond donors (Lipinski definition) is 3. The molecule has 2 amide bonds. The number of nitrogens with zero attached hydrogens (tertiary/aromatic N) is 1. The Morgan fingerprint density at radius 2 is 1.95 bits per heavy atom. The van der Waals surface area contributed by atoms with Gasteiger partial charge in [0.05, 0.1) is 18.8 Å². The SMILES string of the molecule is O=C(NCC(=O)N1CC(O)C(O)C1)c1cccc(Br)c1. The second-order valence-corrected chi connectivity index (χ2v) is 5.54. The van der Waals surface area contributed by atoms with Crippen LogP contribution in [-0.4, -0.2) is 58.8 Å². The van der Waals surface area contributed by atoms with Crippen molar-refractivity contribution < 1.29 is 19.8 Å². The minimum atomic E-state index is -0.917. The Morgan fingerprint density at radius 3 is 2.55 bits per heavy atom. The molecule has 0 spiro atoms. The largest absolute Gasteiger partial charge is 0.388 e. The van der Waals surface area contributed by atoms with Crippen LogP contribution in [-0.2, 0) is 4.79 Å². The molecule has 3 N–H and O–H groups in total. The molecule has 0 aliphatic carbocycles. The van der Waals surface area contributed by atoms with Crippen molar-refractivity contribution >= 4 is 27.7 Å². The van der Waals surface area contributed by atoms with Crippen LogP contribution in [0.15, 0.2) is 28.7 Å². The number of rotatable bonds is 3. The number of carbonyl (C=O) groups excluding carboxylic acids is 2. The Balaban J connectivity index is 1.86. The molecule has 0 saturated carbocycles. The first kappa shape index (κ1) is 15.0. The Labute approximate surface area is 124 Å². The van der Waals surface area contributed by atoms with Gasteiger partial charge in [0.25, 0.3) is 5.91 Å². The lowest BCUT2D eigenvalue weighted by Crippen LogP contribution is -2.39. The summed E-state index contributed by atoms with van der Waals surface area (Å²) in [6.45, 7) is 0.0182. The van der Waals surface area contributed by atoms with E-state index in [0.29, 0.717) is 5.56 Å². The van der Waals surface area contributed by atoms with E-state index in [1.807, 2.05) is 0 Å². The summed E-state index contributed by atoms with van der Waals surface area (Å²) in [7, 11) is 0. The zero-order chi connectivity index (χ0) is 14.7. The summed E-state index contributed by atoms with van der Waals surface area (Å²) in [6, 6.07) is 6.83. The Bertz CT molecular complexity index is 513. The summed E-state index contributed by atoms with van der Waals surface area (Å²) < 4.78 is 0.780. The molecular formula is C13H15BrN2O4. The van der Waals surface area contributed by atoms with E-state index in [4.69, 9.17) is 0 Å². The fourth-order valence-electron chi connectivity index (χ4n) is 1.97. The topological polar surface area (TPSA) is 89.9 Å². The number of nitrogens with one attached hydrogen (secondary N) is 1. The van der Waals surface area contributed by atoms with Gasteiger partial charge in [-0.15, -0.1) is 0 Å². The molecule has 6 nitrogen and oxygen atoms in total. The average molecular weight is 343 g/mol. The lowest BCUT2D eigenvalue weighted by Gasteiger charge is -2.15. The van der Waals surface area contributed by atoms with E-state index < -0.39 is 12.2 Å². The highest BCUT2D eigenvalue weighted by molar-refractivity contribution is 9.10. The highest BCUT2D eigenvalue weighted by Gasteiger charge is 2.32. The molecule has 2 rings (SSSR count). The van der Waals surface area contributed by atoms with Crippen LogP contribution in [0.4, 0.5) is 0 Å². The Kier molecular flexibility index (Phi) is 4.74. The number of benzene rings is 1. The zero-order valence-corrected chi connectivity index (χ0v) is 12.2. The van der Waals surface area contributed by atoms with Crippen LogP contribution in [0.25, 0.3) is 0 Å². The van der Waals surface area contributed by atoms with Crippen molar-refractivity contribution in [3.8, 4) is 0 Å². The van der Waals surface area contributed by atoms with Crippen molar-refractivity contribution in [2.45, 2.75) is 12.2 Å². The molecule has 2 atom stereocenters. The first-order valence-electron chi connectivity index (χ1n) is 6.15. The Morgan fingerprint density at radius 1 is 1.30 bits per heavy atom. The van der Waals surface area contributed by atoms with Gasteiger partial charge in [-0.25, -0.2) is 0 Å². The second kappa shape index (κ2) is 6.34. The number of halogens is 1. The van der Waals surface area contributed by atoms with Crippen molar-refractivity contribution in [3.05, 3.63) is 34.3 Å². The number of aliphatic hydroxyl groups is 2. The second-order valence-electron chi connectivity index (χ2n) is 4.63. The maximum atomic E-state index is 11.8. The molecule has 1 aromatic carbocycles. The van der Waals surface area contributed by atoms with Crippen LogP contribution in [0.5, 0.6) is 0 Å². The van der Waals surface area contributed by atoms with E-state index in [2.05, 4.69) is 21.2 Å². The van der Waals surface area contributed by atoms with Crippen LogP contribution in [0.1, 0.15) is 10.4 Å². The van der Waals surface area contributed by atoms with Crippen LogP contribution in [0.3, 0.4) is 0 Å². The molecular weight excluding hydrogens is 328 g/mol. The van der Waals surface area contributed by atoms with Crippen molar-refractivity contribution in [1.29, 1.82) is 0 Å². The summed E-state index contributed by atoms with van der Waals surface area (Å²) in [4.78, 5) is 25.0. The number of carbonyl (C=O) groups is 2. The summed E-state index contributed by atoms with van der Waals surface area (Å²) in [5.74, 6) is -0.677. The summed E-state index contributed by atoms with van der Waals surface area (Å²) in [6.07, 6.45) is -1.83. The van der Waals surface area contributed by atoms with Gasteiger partial charge in [0.15, 0.2) is 0 Å². The molecule has 7 heteroatoms. The van der Waals surface area contributed by atoms with Crippen LogP contribution >= 0.6 is 15.9 Å². The highest BCUT2D eigenvalue weighted by atomic mass is 79.9. The number of β-amino-alcohol motifs (C(OH)–C–C–N with tert-alkyl or cyclic N) is 2. The first-order valence-corrected chi connectivity index (χ1v) is 6.94. The molecule has 1 fully saturated rings.